The molecule has 0 saturated carbocycles. The van der Waals surface area contributed by atoms with Crippen LogP contribution in [0.25, 0.3) is 0 Å². The number of carbonyl (C=O) groups is 3. The number of carbonyl (C=O) groups excluding carboxylic acids is 3. The van der Waals surface area contributed by atoms with Crippen LogP contribution < -0.4 is 5.32 Å². The maximum absolute atomic E-state index is 13.6. The van der Waals surface area contributed by atoms with Gasteiger partial charge in [-0.25, -0.2) is 4.79 Å². The third-order valence-electron chi connectivity index (χ3n) is 6.90. The van der Waals surface area contributed by atoms with E-state index in [1.54, 1.807) is 23.2 Å². The van der Waals surface area contributed by atoms with E-state index < -0.39 is 17.4 Å². The van der Waals surface area contributed by atoms with Crippen LogP contribution in [0.3, 0.4) is 0 Å². The van der Waals surface area contributed by atoms with Crippen molar-refractivity contribution in [1.82, 2.24) is 14.8 Å². The lowest BCUT2D eigenvalue weighted by atomic mass is 10.1. The van der Waals surface area contributed by atoms with Crippen molar-refractivity contribution in [1.29, 1.82) is 0 Å². The molecule has 3 aromatic rings. The average molecular weight is 586 g/mol. The van der Waals surface area contributed by atoms with Crippen LogP contribution in [-0.2, 0) is 27.5 Å². The Morgan fingerprint density at radius 3 is 2.48 bits per heavy atom. The molecule has 3 heterocycles. The molecule has 2 fully saturated rings. The standard InChI is InChI=1S/C32H35N5O4S/c1-32(2,3)35-30-37(20-25-12-7-8-18-33-25)29(39)27(42-30)23-14-16-24(17-15-23)34-28(38)26-13-9-19-36(26)31(40)41-21-22-10-5-4-6-11-22/h4-8,10-12,14-18,26-27H,9,13,19-21H2,1-3H3,(H,34,38)/t26-,27?/m1/s1. The molecule has 0 spiro atoms. The highest BCUT2D eigenvalue weighted by Gasteiger charge is 2.40. The van der Waals surface area contributed by atoms with E-state index in [0.717, 1.165) is 23.2 Å². The zero-order valence-corrected chi connectivity index (χ0v) is 24.8. The molecule has 2 aliphatic heterocycles. The number of thioether (sulfide) groups is 1. The summed E-state index contributed by atoms with van der Waals surface area (Å²) in [6.45, 7) is 6.98. The van der Waals surface area contributed by atoms with Crippen LogP contribution in [0.5, 0.6) is 0 Å². The minimum atomic E-state index is -0.601. The van der Waals surface area contributed by atoms with Crippen molar-refractivity contribution in [3.63, 3.8) is 0 Å². The topological polar surface area (TPSA) is 104 Å². The molecule has 2 aromatic carbocycles. The van der Waals surface area contributed by atoms with E-state index in [1.165, 1.54) is 16.7 Å². The summed E-state index contributed by atoms with van der Waals surface area (Å²) in [4.78, 5) is 51.8. The fourth-order valence-corrected chi connectivity index (χ4v) is 6.21. The number of hydrogen-bond acceptors (Lipinski definition) is 7. The van der Waals surface area contributed by atoms with Crippen LogP contribution in [0, 0.1) is 0 Å². The van der Waals surface area contributed by atoms with Crippen LogP contribution in [0.4, 0.5) is 10.5 Å². The molecule has 0 radical (unpaired) electrons. The number of nitrogens with zero attached hydrogens (tertiary/aromatic N) is 4. The fraction of sp³-hybridized carbons (Fsp3) is 0.344. The molecule has 10 heteroatoms. The Balaban J connectivity index is 1.23. The molecular formula is C32H35N5O4S. The summed E-state index contributed by atoms with van der Waals surface area (Å²) in [5.41, 5.74) is 2.74. The summed E-state index contributed by atoms with van der Waals surface area (Å²) in [7, 11) is 0. The summed E-state index contributed by atoms with van der Waals surface area (Å²) >= 11 is 1.43. The molecule has 2 atom stereocenters. The van der Waals surface area contributed by atoms with Crippen LogP contribution >= 0.6 is 11.8 Å². The third-order valence-corrected chi connectivity index (χ3v) is 8.13. The lowest BCUT2D eigenvalue weighted by Crippen LogP contribution is -2.43. The van der Waals surface area contributed by atoms with Gasteiger partial charge in [0.1, 0.15) is 17.9 Å². The lowest BCUT2D eigenvalue weighted by molar-refractivity contribution is -0.126. The SMILES string of the molecule is CC(C)(C)N=C1SC(c2ccc(NC(=O)[C@H]3CCCN3C(=O)OCc3ccccc3)cc2)C(=O)N1Cc1ccccn1. The number of anilines is 1. The van der Waals surface area contributed by atoms with Crippen molar-refractivity contribution in [3.8, 4) is 0 Å². The van der Waals surface area contributed by atoms with Crippen molar-refractivity contribution >= 4 is 40.5 Å². The maximum atomic E-state index is 13.6. The second kappa shape index (κ2) is 12.8. The van der Waals surface area contributed by atoms with E-state index in [4.69, 9.17) is 9.73 Å². The number of aliphatic imine (C=N–C) groups is 1. The summed E-state index contributed by atoms with van der Waals surface area (Å²) in [6.07, 6.45) is 2.52. The second-order valence-electron chi connectivity index (χ2n) is 11.3. The highest BCUT2D eigenvalue weighted by atomic mass is 32.2. The molecular weight excluding hydrogens is 550 g/mol. The van der Waals surface area contributed by atoms with E-state index in [1.807, 2.05) is 81.4 Å². The largest absolute Gasteiger partial charge is 0.445 e. The highest BCUT2D eigenvalue weighted by Crippen LogP contribution is 2.41. The van der Waals surface area contributed by atoms with E-state index in [-0.39, 0.29) is 24.0 Å². The average Bonchev–Trinajstić information content (AvgIpc) is 3.58. The van der Waals surface area contributed by atoms with Gasteiger partial charge in [-0.2, -0.15) is 0 Å². The normalized spacial score (nSPS) is 19.8. The molecule has 218 valence electrons. The fourth-order valence-electron chi connectivity index (χ4n) is 4.87. The third kappa shape index (κ3) is 7.17. The van der Waals surface area contributed by atoms with E-state index in [2.05, 4.69) is 10.3 Å². The van der Waals surface area contributed by atoms with Crippen LogP contribution in [0.1, 0.15) is 55.7 Å². The highest BCUT2D eigenvalue weighted by molar-refractivity contribution is 8.15. The lowest BCUT2D eigenvalue weighted by Gasteiger charge is -2.23. The van der Waals surface area contributed by atoms with Gasteiger partial charge in [0, 0.05) is 18.4 Å². The minimum absolute atomic E-state index is 0.0546. The number of amidine groups is 1. The number of likely N-dealkylation sites (tertiary alicyclic amines) is 1. The molecule has 1 N–H and O–H groups in total. The first-order chi connectivity index (χ1) is 20.2. The number of benzene rings is 2. The zero-order chi connectivity index (χ0) is 29.7. The second-order valence-corrected chi connectivity index (χ2v) is 12.4. The molecule has 2 aliphatic rings. The first-order valence-electron chi connectivity index (χ1n) is 14.0. The number of hydrogen-bond donors (Lipinski definition) is 1. The van der Waals surface area contributed by atoms with E-state index in [0.29, 0.717) is 30.4 Å². The zero-order valence-electron chi connectivity index (χ0n) is 24.0. The molecule has 0 bridgehead atoms. The number of aromatic nitrogens is 1. The van der Waals surface area contributed by atoms with Crippen molar-refractivity contribution in [3.05, 3.63) is 95.8 Å². The van der Waals surface area contributed by atoms with Crippen molar-refractivity contribution in [2.45, 2.75) is 63.6 Å². The van der Waals surface area contributed by atoms with Crippen molar-refractivity contribution in [2.75, 3.05) is 11.9 Å². The van der Waals surface area contributed by atoms with Gasteiger partial charge in [-0.05, 0) is 69.0 Å². The molecule has 9 nitrogen and oxygen atoms in total. The number of pyridine rings is 1. The Labute approximate surface area is 250 Å². The Hall–Kier alpha value is -4.18. The number of nitrogens with one attached hydrogen (secondary N) is 1. The summed E-state index contributed by atoms with van der Waals surface area (Å²) in [5, 5.41) is 3.14. The van der Waals surface area contributed by atoms with E-state index in [9.17, 15) is 14.4 Å². The quantitative estimate of drug-likeness (QED) is 0.376. The monoisotopic (exact) mass is 585 g/mol. The summed E-state index contributed by atoms with van der Waals surface area (Å²) < 4.78 is 5.47. The predicted octanol–water partition coefficient (Wildman–Crippen LogP) is 5.79. The van der Waals surface area contributed by atoms with Gasteiger partial charge in [-0.3, -0.25) is 29.4 Å². The number of ether oxygens (including phenoxy) is 1. The van der Waals surface area contributed by atoms with Gasteiger partial charge in [0.2, 0.25) is 11.8 Å². The molecule has 0 aliphatic carbocycles. The van der Waals surface area contributed by atoms with Gasteiger partial charge in [0.25, 0.3) is 0 Å². The first kappa shape index (κ1) is 29.3. The Kier molecular flexibility index (Phi) is 8.91. The van der Waals surface area contributed by atoms with Gasteiger partial charge in [0.05, 0.1) is 17.8 Å². The van der Waals surface area contributed by atoms with Gasteiger partial charge >= 0.3 is 6.09 Å². The van der Waals surface area contributed by atoms with Gasteiger partial charge in [-0.15, -0.1) is 0 Å². The molecule has 1 unspecified atom stereocenters. The van der Waals surface area contributed by atoms with Gasteiger partial charge in [-0.1, -0.05) is 60.3 Å². The van der Waals surface area contributed by atoms with Crippen molar-refractivity contribution in [2.24, 2.45) is 4.99 Å². The minimum Gasteiger partial charge on any atom is -0.445 e. The predicted molar refractivity (Wildman–Crippen MR) is 164 cm³/mol. The smallest absolute Gasteiger partial charge is 0.410 e. The van der Waals surface area contributed by atoms with Gasteiger partial charge < -0.3 is 10.1 Å². The van der Waals surface area contributed by atoms with Crippen LogP contribution in [0.15, 0.2) is 84.0 Å². The molecule has 3 amide bonds. The maximum Gasteiger partial charge on any atom is 0.410 e. The van der Waals surface area contributed by atoms with Crippen molar-refractivity contribution < 1.29 is 19.1 Å². The number of rotatable bonds is 7. The number of amides is 3. The molecule has 1 aromatic heterocycles. The Bertz CT molecular complexity index is 1440. The molecule has 2 saturated heterocycles. The Morgan fingerprint density at radius 2 is 1.79 bits per heavy atom. The summed E-state index contributed by atoms with van der Waals surface area (Å²) in [5.74, 6) is -0.314. The molecule has 42 heavy (non-hydrogen) atoms. The first-order valence-corrected chi connectivity index (χ1v) is 14.9. The van der Waals surface area contributed by atoms with Crippen LogP contribution in [0.2, 0.25) is 0 Å². The molecule has 5 rings (SSSR count). The van der Waals surface area contributed by atoms with Gasteiger partial charge in [0.15, 0.2) is 5.17 Å². The van der Waals surface area contributed by atoms with Crippen LogP contribution in [-0.4, -0.2) is 56.0 Å². The summed E-state index contributed by atoms with van der Waals surface area (Å²) in [6, 6.07) is 21.8. The Morgan fingerprint density at radius 1 is 1.05 bits per heavy atom. The van der Waals surface area contributed by atoms with E-state index >= 15 is 0 Å².